The molecule has 0 radical (unpaired) electrons. The van der Waals surface area contributed by atoms with Crippen molar-refractivity contribution in [3.8, 4) is 0 Å². The molecule has 2 aliphatic rings. The average Bonchev–Trinajstić information content (AvgIpc) is 2.70. The van der Waals surface area contributed by atoms with Crippen LogP contribution in [0.25, 0.3) is 0 Å². The zero-order valence-electron chi connectivity index (χ0n) is 10.3. The van der Waals surface area contributed by atoms with Gasteiger partial charge in [0.05, 0.1) is 24.9 Å². The summed E-state index contributed by atoms with van der Waals surface area (Å²) in [6.07, 6.45) is 4.60. The highest BCUT2D eigenvalue weighted by Gasteiger charge is 2.41. The molecule has 2 rings (SSSR count). The molecule has 2 saturated heterocycles. The van der Waals surface area contributed by atoms with Crippen LogP contribution in [0.1, 0.15) is 32.6 Å². The molecule has 0 aromatic carbocycles. The summed E-state index contributed by atoms with van der Waals surface area (Å²) in [5, 5.41) is 3.38. The summed E-state index contributed by atoms with van der Waals surface area (Å²) in [7, 11) is 0. The van der Waals surface area contributed by atoms with Gasteiger partial charge >= 0.3 is 0 Å². The summed E-state index contributed by atoms with van der Waals surface area (Å²) in [5.74, 6) is 0. The van der Waals surface area contributed by atoms with Crippen LogP contribution in [0.4, 0.5) is 0 Å². The van der Waals surface area contributed by atoms with Crippen LogP contribution in [0.5, 0.6) is 0 Å². The Bertz CT molecular complexity index is 246. The summed E-state index contributed by atoms with van der Waals surface area (Å²) in [5.41, 5.74) is 1.29. The van der Waals surface area contributed by atoms with Crippen molar-refractivity contribution in [3.63, 3.8) is 0 Å². The van der Waals surface area contributed by atoms with Crippen LogP contribution >= 0.6 is 0 Å². The second kappa shape index (κ2) is 5.30. The Hall–Kier alpha value is -0.380. The van der Waals surface area contributed by atoms with Crippen molar-refractivity contribution in [3.05, 3.63) is 12.2 Å². The molecule has 0 saturated carbocycles. The maximum absolute atomic E-state index is 5.97. The van der Waals surface area contributed by atoms with Gasteiger partial charge in [-0.1, -0.05) is 19.1 Å². The molecule has 1 atom stereocenters. The second-order valence-corrected chi connectivity index (χ2v) is 4.98. The van der Waals surface area contributed by atoms with E-state index < -0.39 is 0 Å². The van der Waals surface area contributed by atoms with Gasteiger partial charge in [-0.05, 0) is 32.4 Å². The van der Waals surface area contributed by atoms with Crippen LogP contribution < -0.4 is 5.32 Å². The summed E-state index contributed by atoms with van der Waals surface area (Å²) in [4.78, 5) is 0. The van der Waals surface area contributed by atoms with Crippen molar-refractivity contribution in [2.45, 2.75) is 44.3 Å². The lowest BCUT2D eigenvalue weighted by Crippen LogP contribution is -2.41. The first-order chi connectivity index (χ1) is 7.74. The molecule has 1 unspecified atom stereocenters. The van der Waals surface area contributed by atoms with Crippen LogP contribution in [0.15, 0.2) is 12.2 Å². The number of hydrogen-bond acceptors (Lipinski definition) is 3. The maximum atomic E-state index is 5.97. The molecule has 1 N–H and O–H groups in total. The summed E-state index contributed by atoms with van der Waals surface area (Å²) >= 11 is 0. The van der Waals surface area contributed by atoms with Crippen molar-refractivity contribution in [1.29, 1.82) is 0 Å². The SMILES string of the molecule is C=C(CC)COC1COC2(CCNCC2)C1. The Labute approximate surface area is 98.2 Å². The van der Waals surface area contributed by atoms with Crippen molar-refractivity contribution >= 4 is 0 Å². The van der Waals surface area contributed by atoms with Gasteiger partial charge < -0.3 is 14.8 Å². The molecule has 2 aliphatic heterocycles. The predicted octanol–water partition coefficient (Wildman–Crippen LogP) is 1.88. The quantitative estimate of drug-likeness (QED) is 0.741. The van der Waals surface area contributed by atoms with E-state index in [0.29, 0.717) is 6.61 Å². The van der Waals surface area contributed by atoms with Gasteiger partial charge in [0.1, 0.15) is 0 Å². The predicted molar refractivity (Wildman–Crippen MR) is 64.6 cm³/mol. The number of piperidine rings is 1. The Balaban J connectivity index is 1.76. The Kier molecular flexibility index (Phi) is 4.00. The molecule has 2 heterocycles. The fourth-order valence-corrected chi connectivity index (χ4v) is 2.48. The number of ether oxygens (including phenoxy) is 2. The van der Waals surface area contributed by atoms with Crippen molar-refractivity contribution in [2.75, 3.05) is 26.3 Å². The average molecular weight is 225 g/mol. The van der Waals surface area contributed by atoms with E-state index in [1.165, 1.54) is 5.57 Å². The molecular formula is C13H23NO2. The molecule has 3 heteroatoms. The van der Waals surface area contributed by atoms with Crippen LogP contribution in [0.2, 0.25) is 0 Å². The molecule has 0 aromatic rings. The smallest absolute Gasteiger partial charge is 0.0840 e. The zero-order chi connectivity index (χ0) is 11.4. The largest absolute Gasteiger partial charge is 0.372 e. The zero-order valence-corrected chi connectivity index (χ0v) is 10.3. The van der Waals surface area contributed by atoms with Crippen LogP contribution in [-0.4, -0.2) is 38.0 Å². The molecular weight excluding hydrogens is 202 g/mol. The first-order valence-corrected chi connectivity index (χ1v) is 6.37. The highest BCUT2D eigenvalue weighted by Crippen LogP contribution is 2.35. The van der Waals surface area contributed by atoms with Crippen LogP contribution in [-0.2, 0) is 9.47 Å². The Morgan fingerprint density at radius 2 is 2.25 bits per heavy atom. The van der Waals surface area contributed by atoms with Gasteiger partial charge in [-0.25, -0.2) is 0 Å². The minimum Gasteiger partial charge on any atom is -0.372 e. The first-order valence-electron chi connectivity index (χ1n) is 6.37. The Morgan fingerprint density at radius 3 is 2.94 bits per heavy atom. The fraction of sp³-hybridized carbons (Fsp3) is 0.846. The third kappa shape index (κ3) is 2.84. The molecule has 0 bridgehead atoms. The highest BCUT2D eigenvalue weighted by molar-refractivity contribution is 4.96. The van der Waals surface area contributed by atoms with E-state index in [4.69, 9.17) is 9.47 Å². The van der Waals surface area contributed by atoms with Gasteiger partial charge in [0.2, 0.25) is 0 Å². The molecule has 0 aliphatic carbocycles. The van der Waals surface area contributed by atoms with Crippen LogP contribution in [0.3, 0.4) is 0 Å². The second-order valence-electron chi connectivity index (χ2n) is 4.98. The van der Waals surface area contributed by atoms with Crippen LogP contribution in [0, 0.1) is 0 Å². The van der Waals surface area contributed by atoms with Crippen molar-refractivity contribution in [1.82, 2.24) is 5.32 Å². The molecule has 16 heavy (non-hydrogen) atoms. The van der Waals surface area contributed by atoms with Gasteiger partial charge in [-0.15, -0.1) is 0 Å². The third-order valence-corrected chi connectivity index (χ3v) is 3.71. The standard InChI is InChI=1S/C13H23NO2/c1-3-11(2)9-15-12-8-13(16-10-12)4-6-14-7-5-13/h12,14H,2-10H2,1H3. The minimum absolute atomic E-state index is 0.115. The molecule has 0 amide bonds. The maximum Gasteiger partial charge on any atom is 0.0840 e. The lowest BCUT2D eigenvalue weighted by atomic mass is 9.89. The number of rotatable bonds is 4. The molecule has 1 spiro atoms. The summed E-state index contributed by atoms with van der Waals surface area (Å²) < 4.78 is 11.8. The van der Waals surface area contributed by atoms with E-state index in [2.05, 4.69) is 18.8 Å². The van der Waals surface area contributed by atoms with E-state index in [1.54, 1.807) is 0 Å². The number of nitrogens with one attached hydrogen (secondary N) is 1. The molecule has 92 valence electrons. The minimum atomic E-state index is 0.115. The van der Waals surface area contributed by atoms with E-state index in [1.807, 2.05) is 0 Å². The fourth-order valence-electron chi connectivity index (χ4n) is 2.48. The number of hydrogen-bond donors (Lipinski definition) is 1. The van der Waals surface area contributed by atoms with Crippen molar-refractivity contribution in [2.24, 2.45) is 0 Å². The van der Waals surface area contributed by atoms with E-state index in [-0.39, 0.29) is 11.7 Å². The molecule has 2 fully saturated rings. The summed E-state index contributed by atoms with van der Waals surface area (Å²) in [6, 6.07) is 0. The van der Waals surface area contributed by atoms with E-state index >= 15 is 0 Å². The lowest BCUT2D eigenvalue weighted by molar-refractivity contribution is -0.0226. The van der Waals surface area contributed by atoms with E-state index in [0.717, 1.165) is 45.4 Å². The highest BCUT2D eigenvalue weighted by atomic mass is 16.6. The van der Waals surface area contributed by atoms with Gasteiger partial charge in [-0.3, -0.25) is 0 Å². The normalized spacial score (nSPS) is 28.4. The van der Waals surface area contributed by atoms with Gasteiger partial charge in [0.25, 0.3) is 0 Å². The van der Waals surface area contributed by atoms with Gasteiger partial charge in [0, 0.05) is 6.42 Å². The lowest BCUT2D eigenvalue weighted by Gasteiger charge is -2.32. The van der Waals surface area contributed by atoms with E-state index in [9.17, 15) is 0 Å². The van der Waals surface area contributed by atoms with Crippen molar-refractivity contribution < 1.29 is 9.47 Å². The van der Waals surface area contributed by atoms with Gasteiger partial charge in [-0.2, -0.15) is 0 Å². The summed E-state index contributed by atoms with van der Waals surface area (Å²) in [6.45, 7) is 9.69. The molecule has 0 aromatic heterocycles. The third-order valence-electron chi connectivity index (χ3n) is 3.71. The topological polar surface area (TPSA) is 30.5 Å². The monoisotopic (exact) mass is 225 g/mol. The first kappa shape index (κ1) is 12.1. The van der Waals surface area contributed by atoms with Gasteiger partial charge in [0.15, 0.2) is 0 Å². The Morgan fingerprint density at radius 1 is 1.50 bits per heavy atom. The molecule has 3 nitrogen and oxygen atoms in total.